The zero-order valence-corrected chi connectivity index (χ0v) is 15.9. The third-order valence-corrected chi connectivity index (χ3v) is 5.25. The van der Waals surface area contributed by atoms with Crippen LogP contribution in [-0.2, 0) is 11.3 Å². The van der Waals surface area contributed by atoms with Gasteiger partial charge in [0.15, 0.2) is 5.11 Å². The van der Waals surface area contributed by atoms with E-state index in [1.54, 1.807) is 12.1 Å². The Hall–Kier alpha value is -1.70. The molecule has 1 aromatic carbocycles. The normalized spacial score (nSPS) is 19.5. The molecule has 1 saturated carbocycles. The van der Waals surface area contributed by atoms with Gasteiger partial charge < -0.3 is 19.4 Å². The van der Waals surface area contributed by atoms with Crippen LogP contribution >= 0.6 is 23.8 Å². The second-order valence-corrected chi connectivity index (χ2v) is 7.51. The molecule has 4 rings (SSSR count). The van der Waals surface area contributed by atoms with Crippen LogP contribution in [0.5, 0.6) is 0 Å². The van der Waals surface area contributed by atoms with Crippen LogP contribution < -0.4 is 5.32 Å². The van der Waals surface area contributed by atoms with Crippen LogP contribution in [0.15, 0.2) is 28.7 Å². The second-order valence-electron chi connectivity index (χ2n) is 6.69. The molecule has 0 amide bonds. The van der Waals surface area contributed by atoms with E-state index in [-0.39, 0.29) is 6.10 Å². The minimum Gasteiger partial charge on any atom is -0.419 e. The first-order valence-corrected chi connectivity index (χ1v) is 9.72. The fraction of sp³-hybridized carbons (Fsp3) is 0.500. The number of nitrogens with one attached hydrogen (secondary N) is 1. The molecule has 2 aromatic rings. The van der Waals surface area contributed by atoms with E-state index < -0.39 is 0 Å². The average Bonchev–Trinajstić information content (AvgIpc) is 3.16. The summed E-state index contributed by atoms with van der Waals surface area (Å²) in [5.41, 5.74) is 0.852. The zero-order chi connectivity index (χ0) is 17.9. The minimum atomic E-state index is 0.258. The molecule has 1 atom stereocenters. The van der Waals surface area contributed by atoms with Gasteiger partial charge in [0, 0.05) is 29.8 Å². The molecule has 26 heavy (non-hydrogen) atoms. The maximum absolute atomic E-state index is 5.92. The Morgan fingerprint density at radius 2 is 2.04 bits per heavy atom. The molecular weight excluding hydrogens is 372 g/mol. The van der Waals surface area contributed by atoms with Crippen LogP contribution in [0.2, 0.25) is 5.02 Å². The molecule has 8 heteroatoms. The third-order valence-electron chi connectivity index (χ3n) is 4.62. The van der Waals surface area contributed by atoms with Crippen molar-refractivity contribution in [2.24, 2.45) is 0 Å². The minimum absolute atomic E-state index is 0.258. The van der Waals surface area contributed by atoms with Crippen molar-refractivity contribution in [2.75, 3.05) is 13.2 Å². The maximum atomic E-state index is 5.92. The monoisotopic (exact) mass is 392 g/mol. The topological polar surface area (TPSA) is 63.4 Å². The molecule has 1 aromatic heterocycles. The van der Waals surface area contributed by atoms with E-state index >= 15 is 0 Å². The van der Waals surface area contributed by atoms with Crippen LogP contribution in [0.1, 0.15) is 31.6 Å². The van der Waals surface area contributed by atoms with Crippen molar-refractivity contribution >= 4 is 28.9 Å². The molecule has 1 saturated heterocycles. The Labute approximate surface area is 162 Å². The summed E-state index contributed by atoms with van der Waals surface area (Å²) in [6.07, 6.45) is 4.75. The van der Waals surface area contributed by atoms with E-state index in [1.807, 2.05) is 12.1 Å². The Morgan fingerprint density at radius 3 is 2.73 bits per heavy atom. The molecule has 0 bridgehead atoms. The van der Waals surface area contributed by atoms with E-state index in [1.165, 1.54) is 0 Å². The number of ether oxygens (including phenoxy) is 1. The molecule has 2 fully saturated rings. The highest BCUT2D eigenvalue weighted by molar-refractivity contribution is 7.80. The van der Waals surface area contributed by atoms with Gasteiger partial charge in [-0.25, -0.2) is 0 Å². The molecule has 0 radical (unpaired) electrons. The Kier molecular flexibility index (Phi) is 5.38. The van der Waals surface area contributed by atoms with Crippen molar-refractivity contribution in [1.29, 1.82) is 0 Å². The van der Waals surface area contributed by atoms with Gasteiger partial charge in [-0.1, -0.05) is 11.6 Å². The van der Waals surface area contributed by atoms with Crippen LogP contribution in [0.25, 0.3) is 11.5 Å². The number of nitrogens with zero attached hydrogens (tertiary/aromatic N) is 3. The molecule has 1 aliphatic heterocycles. The van der Waals surface area contributed by atoms with E-state index in [4.69, 9.17) is 33.0 Å². The SMILES string of the molecule is S=C(NC[C@@H]1CCCO1)N(Cc1nnc(-c2ccc(Cl)cc2)o1)C1CC1. The first-order chi connectivity index (χ1) is 12.7. The van der Waals surface area contributed by atoms with Crippen molar-refractivity contribution in [3.05, 3.63) is 35.2 Å². The van der Waals surface area contributed by atoms with Gasteiger partial charge in [0.05, 0.1) is 12.6 Å². The van der Waals surface area contributed by atoms with E-state index in [0.717, 1.165) is 49.5 Å². The van der Waals surface area contributed by atoms with Crippen LogP contribution in [0, 0.1) is 0 Å². The Morgan fingerprint density at radius 1 is 1.23 bits per heavy atom. The van der Waals surface area contributed by atoms with Gasteiger partial charge in [-0.3, -0.25) is 0 Å². The highest BCUT2D eigenvalue weighted by atomic mass is 35.5. The molecular formula is C18H21ClN4O2S. The largest absolute Gasteiger partial charge is 0.419 e. The number of aromatic nitrogens is 2. The molecule has 2 aliphatic rings. The summed E-state index contributed by atoms with van der Waals surface area (Å²) in [5.74, 6) is 1.05. The first kappa shape index (κ1) is 17.7. The smallest absolute Gasteiger partial charge is 0.247 e. The lowest BCUT2D eigenvalue weighted by molar-refractivity contribution is 0.113. The van der Waals surface area contributed by atoms with E-state index in [9.17, 15) is 0 Å². The number of rotatable bonds is 6. The lowest BCUT2D eigenvalue weighted by atomic mass is 10.2. The molecule has 1 aliphatic carbocycles. The zero-order valence-electron chi connectivity index (χ0n) is 14.4. The molecule has 138 valence electrons. The fourth-order valence-electron chi connectivity index (χ4n) is 3.03. The van der Waals surface area contributed by atoms with Gasteiger partial charge >= 0.3 is 0 Å². The quantitative estimate of drug-likeness (QED) is 0.755. The second kappa shape index (κ2) is 7.90. The van der Waals surface area contributed by atoms with Crippen LogP contribution in [0.4, 0.5) is 0 Å². The average molecular weight is 393 g/mol. The number of thiocarbonyl (C=S) groups is 1. The van der Waals surface area contributed by atoms with Crippen LogP contribution in [0.3, 0.4) is 0 Å². The lowest BCUT2D eigenvalue weighted by Crippen LogP contribution is -2.43. The predicted molar refractivity (Wildman–Crippen MR) is 103 cm³/mol. The number of benzene rings is 1. The third kappa shape index (κ3) is 4.34. The standard InChI is InChI=1S/C18H21ClN4O2S/c19-13-5-3-12(4-6-13)17-22-21-16(25-17)11-23(14-7-8-14)18(26)20-10-15-2-1-9-24-15/h3-6,14-15H,1-2,7-11H2,(H,20,26)/t15-/m0/s1. The Balaban J connectivity index is 1.38. The summed E-state index contributed by atoms with van der Waals surface area (Å²) in [5, 5.41) is 13.1. The van der Waals surface area contributed by atoms with Crippen LogP contribution in [-0.4, -0.2) is 45.5 Å². The molecule has 0 spiro atoms. The van der Waals surface area contributed by atoms with Gasteiger partial charge in [-0.05, 0) is 62.2 Å². The summed E-state index contributed by atoms with van der Waals surface area (Å²) in [6, 6.07) is 7.80. The van der Waals surface area contributed by atoms with Crippen molar-refractivity contribution in [1.82, 2.24) is 20.4 Å². The number of halogens is 1. The molecule has 2 heterocycles. The van der Waals surface area contributed by atoms with Crippen molar-refractivity contribution in [3.8, 4) is 11.5 Å². The predicted octanol–water partition coefficient (Wildman–Crippen LogP) is 3.41. The number of hydrogen-bond donors (Lipinski definition) is 1. The highest BCUT2D eigenvalue weighted by Gasteiger charge is 2.32. The van der Waals surface area contributed by atoms with E-state index in [0.29, 0.717) is 29.4 Å². The highest BCUT2D eigenvalue weighted by Crippen LogP contribution is 2.29. The van der Waals surface area contributed by atoms with Gasteiger partial charge in [0.2, 0.25) is 11.8 Å². The molecule has 1 N–H and O–H groups in total. The van der Waals surface area contributed by atoms with Gasteiger partial charge in [0.1, 0.15) is 0 Å². The van der Waals surface area contributed by atoms with Gasteiger partial charge in [-0.2, -0.15) is 0 Å². The summed E-state index contributed by atoms with van der Waals surface area (Å²) < 4.78 is 11.5. The summed E-state index contributed by atoms with van der Waals surface area (Å²) >= 11 is 11.5. The lowest BCUT2D eigenvalue weighted by Gasteiger charge is -2.25. The van der Waals surface area contributed by atoms with Gasteiger partial charge in [-0.15, -0.1) is 10.2 Å². The first-order valence-electron chi connectivity index (χ1n) is 8.93. The van der Waals surface area contributed by atoms with Gasteiger partial charge in [0.25, 0.3) is 0 Å². The number of hydrogen-bond acceptors (Lipinski definition) is 5. The Bertz CT molecular complexity index is 757. The van der Waals surface area contributed by atoms with E-state index in [2.05, 4.69) is 20.4 Å². The molecule has 0 unspecified atom stereocenters. The van der Waals surface area contributed by atoms with Crippen molar-refractivity contribution in [2.45, 2.75) is 44.4 Å². The molecule has 6 nitrogen and oxygen atoms in total. The fourth-order valence-corrected chi connectivity index (χ4v) is 3.46. The van der Waals surface area contributed by atoms with Crippen molar-refractivity contribution in [3.63, 3.8) is 0 Å². The summed E-state index contributed by atoms with van der Waals surface area (Å²) in [4.78, 5) is 2.14. The summed E-state index contributed by atoms with van der Waals surface area (Å²) in [6.45, 7) is 2.12. The maximum Gasteiger partial charge on any atom is 0.247 e. The summed E-state index contributed by atoms with van der Waals surface area (Å²) in [7, 11) is 0. The van der Waals surface area contributed by atoms with Crippen molar-refractivity contribution < 1.29 is 9.15 Å².